The van der Waals surface area contributed by atoms with Gasteiger partial charge in [0.1, 0.15) is 10.7 Å². The van der Waals surface area contributed by atoms with E-state index in [9.17, 15) is 0 Å². The molecule has 1 aromatic heterocycles. The Kier molecular flexibility index (Phi) is 3.61. The second-order valence-corrected chi connectivity index (χ2v) is 4.03. The zero-order valence-corrected chi connectivity index (χ0v) is 10.3. The number of nitrogens with one attached hydrogen (secondary N) is 1. The Morgan fingerprint density at radius 2 is 1.94 bits per heavy atom. The molecule has 0 aliphatic carbocycles. The van der Waals surface area contributed by atoms with E-state index in [1.165, 1.54) is 0 Å². The highest BCUT2D eigenvalue weighted by atomic mass is 32.1. The van der Waals surface area contributed by atoms with Crippen molar-refractivity contribution < 1.29 is 5.11 Å². The van der Waals surface area contributed by atoms with Crippen LogP contribution in [0.4, 0.5) is 0 Å². The van der Waals surface area contributed by atoms with E-state index in [-0.39, 0.29) is 6.61 Å². The van der Waals surface area contributed by atoms with Gasteiger partial charge in [0.05, 0.1) is 23.3 Å². The Labute approximate surface area is 105 Å². The van der Waals surface area contributed by atoms with E-state index in [2.05, 4.69) is 15.3 Å². The van der Waals surface area contributed by atoms with Gasteiger partial charge in [-0.25, -0.2) is 9.97 Å². The van der Waals surface area contributed by atoms with Gasteiger partial charge in [0.2, 0.25) is 0 Å². The molecule has 0 amide bonds. The number of fused-ring (bicyclic) bond motifs is 1. The van der Waals surface area contributed by atoms with Crippen LogP contribution in [0.5, 0.6) is 0 Å². The van der Waals surface area contributed by atoms with E-state index < -0.39 is 0 Å². The van der Waals surface area contributed by atoms with Crippen LogP contribution in [-0.2, 0) is 0 Å². The highest BCUT2D eigenvalue weighted by Crippen LogP contribution is 2.12. The number of aliphatic hydroxyl groups excluding tert-OH is 1. The van der Waals surface area contributed by atoms with Gasteiger partial charge in [0.25, 0.3) is 0 Å². The van der Waals surface area contributed by atoms with Gasteiger partial charge in [-0.05, 0) is 19.1 Å². The van der Waals surface area contributed by atoms with Crippen molar-refractivity contribution in [2.45, 2.75) is 6.92 Å². The summed E-state index contributed by atoms with van der Waals surface area (Å²) in [4.78, 5) is 9.45. The lowest BCUT2D eigenvalue weighted by Gasteiger charge is -2.09. The minimum atomic E-state index is 0.0419. The lowest BCUT2D eigenvalue weighted by molar-refractivity contribution is 0.301. The first-order chi connectivity index (χ1) is 8.22. The van der Waals surface area contributed by atoms with Crippen molar-refractivity contribution in [1.29, 1.82) is 0 Å². The lowest BCUT2D eigenvalue weighted by atomic mass is 10.2. The van der Waals surface area contributed by atoms with Crippen LogP contribution in [-0.4, -0.2) is 33.2 Å². The van der Waals surface area contributed by atoms with Gasteiger partial charge in [-0.1, -0.05) is 24.4 Å². The maximum absolute atomic E-state index is 8.74. The number of para-hydroxylation sites is 2. The number of aryl methyl sites for hydroxylation is 1. The van der Waals surface area contributed by atoms with Crippen LogP contribution < -0.4 is 5.32 Å². The van der Waals surface area contributed by atoms with Crippen LogP contribution in [0.1, 0.15) is 11.4 Å². The standard InChI is InChI=1S/C12H13N3OS/c1-8-11(12(17)13-6-7-16)15-10-5-3-2-4-9(10)14-8/h2-5,16H,6-7H2,1H3,(H,13,17). The van der Waals surface area contributed by atoms with Crippen LogP contribution in [0.2, 0.25) is 0 Å². The predicted molar refractivity (Wildman–Crippen MR) is 71.1 cm³/mol. The molecule has 0 saturated carbocycles. The largest absolute Gasteiger partial charge is 0.395 e. The number of aromatic nitrogens is 2. The quantitative estimate of drug-likeness (QED) is 0.798. The summed E-state index contributed by atoms with van der Waals surface area (Å²) in [5.41, 5.74) is 3.14. The molecular weight excluding hydrogens is 234 g/mol. The first kappa shape index (κ1) is 11.9. The monoisotopic (exact) mass is 247 g/mol. The van der Waals surface area contributed by atoms with E-state index in [1.54, 1.807) is 0 Å². The van der Waals surface area contributed by atoms with Crippen LogP contribution in [0, 0.1) is 6.92 Å². The van der Waals surface area contributed by atoms with Crippen LogP contribution in [0.15, 0.2) is 24.3 Å². The maximum atomic E-state index is 8.74. The van der Waals surface area contributed by atoms with Gasteiger partial charge in [-0.3, -0.25) is 0 Å². The Morgan fingerprint density at radius 3 is 2.59 bits per heavy atom. The molecule has 0 fully saturated rings. The van der Waals surface area contributed by atoms with Gasteiger partial charge in [0.15, 0.2) is 0 Å². The van der Waals surface area contributed by atoms with Crippen LogP contribution in [0.3, 0.4) is 0 Å². The molecule has 2 aromatic rings. The molecule has 17 heavy (non-hydrogen) atoms. The Balaban J connectivity index is 2.40. The summed E-state index contributed by atoms with van der Waals surface area (Å²) in [5.74, 6) is 0. The summed E-state index contributed by atoms with van der Waals surface area (Å²) in [6.07, 6.45) is 0. The highest BCUT2D eigenvalue weighted by Gasteiger charge is 2.09. The number of hydrogen-bond donors (Lipinski definition) is 2. The highest BCUT2D eigenvalue weighted by molar-refractivity contribution is 7.80. The van der Waals surface area contributed by atoms with Gasteiger partial charge < -0.3 is 10.4 Å². The van der Waals surface area contributed by atoms with Crippen LogP contribution in [0.25, 0.3) is 11.0 Å². The molecule has 4 nitrogen and oxygen atoms in total. The molecule has 0 unspecified atom stereocenters. The second-order valence-electron chi connectivity index (χ2n) is 3.63. The molecule has 1 aromatic carbocycles. The molecule has 0 aliphatic rings. The number of nitrogens with zero attached hydrogens (tertiary/aromatic N) is 2. The average Bonchev–Trinajstić information content (AvgIpc) is 2.35. The van der Waals surface area contributed by atoms with E-state index in [0.717, 1.165) is 16.7 Å². The van der Waals surface area contributed by atoms with Crippen molar-refractivity contribution in [2.75, 3.05) is 13.2 Å². The molecule has 2 N–H and O–H groups in total. The van der Waals surface area contributed by atoms with Crippen molar-refractivity contribution in [3.05, 3.63) is 35.7 Å². The number of aliphatic hydroxyl groups is 1. The third-order valence-electron chi connectivity index (χ3n) is 2.36. The summed E-state index contributed by atoms with van der Waals surface area (Å²) in [5, 5.41) is 11.7. The Morgan fingerprint density at radius 1 is 1.29 bits per heavy atom. The van der Waals surface area contributed by atoms with Gasteiger partial charge >= 0.3 is 0 Å². The smallest absolute Gasteiger partial charge is 0.127 e. The average molecular weight is 247 g/mol. The fourth-order valence-electron chi connectivity index (χ4n) is 1.56. The fourth-order valence-corrected chi connectivity index (χ4v) is 1.85. The van der Waals surface area contributed by atoms with Gasteiger partial charge in [-0.15, -0.1) is 0 Å². The Bertz CT molecular complexity index is 556. The number of hydrogen-bond acceptors (Lipinski definition) is 4. The second kappa shape index (κ2) is 5.16. The van der Waals surface area contributed by atoms with Crippen molar-refractivity contribution in [3.63, 3.8) is 0 Å². The minimum Gasteiger partial charge on any atom is -0.395 e. The van der Waals surface area contributed by atoms with E-state index >= 15 is 0 Å². The molecule has 0 radical (unpaired) electrons. The zero-order chi connectivity index (χ0) is 12.3. The Hall–Kier alpha value is -1.59. The summed E-state index contributed by atoms with van der Waals surface area (Å²) in [6, 6.07) is 7.67. The number of benzene rings is 1. The minimum absolute atomic E-state index is 0.0419. The molecule has 0 aliphatic heterocycles. The fraction of sp³-hybridized carbons (Fsp3) is 0.250. The first-order valence-corrected chi connectivity index (χ1v) is 5.75. The molecule has 0 saturated heterocycles. The van der Waals surface area contributed by atoms with E-state index in [4.69, 9.17) is 17.3 Å². The van der Waals surface area contributed by atoms with E-state index in [0.29, 0.717) is 17.2 Å². The lowest BCUT2D eigenvalue weighted by Crippen LogP contribution is -2.27. The molecule has 5 heteroatoms. The van der Waals surface area contributed by atoms with Crippen molar-refractivity contribution in [1.82, 2.24) is 15.3 Å². The van der Waals surface area contributed by atoms with Crippen molar-refractivity contribution in [3.8, 4) is 0 Å². The molecule has 88 valence electrons. The molecule has 0 bridgehead atoms. The van der Waals surface area contributed by atoms with E-state index in [1.807, 2.05) is 31.2 Å². The summed E-state index contributed by atoms with van der Waals surface area (Å²) in [6.45, 7) is 2.34. The summed E-state index contributed by atoms with van der Waals surface area (Å²) in [7, 11) is 0. The maximum Gasteiger partial charge on any atom is 0.127 e. The normalized spacial score (nSPS) is 10.5. The molecule has 0 atom stereocenters. The molecule has 0 spiro atoms. The SMILES string of the molecule is Cc1nc2ccccc2nc1C(=S)NCCO. The van der Waals surface area contributed by atoms with Crippen molar-refractivity contribution in [2.24, 2.45) is 0 Å². The summed E-state index contributed by atoms with van der Waals surface area (Å²) >= 11 is 5.21. The third kappa shape index (κ3) is 2.57. The summed E-state index contributed by atoms with van der Waals surface area (Å²) < 4.78 is 0. The first-order valence-electron chi connectivity index (χ1n) is 5.35. The molecule has 2 rings (SSSR count). The molecule has 1 heterocycles. The topological polar surface area (TPSA) is 58.0 Å². The van der Waals surface area contributed by atoms with Gasteiger partial charge in [0, 0.05) is 6.54 Å². The predicted octanol–water partition coefficient (Wildman–Crippen LogP) is 1.20. The number of rotatable bonds is 3. The van der Waals surface area contributed by atoms with Crippen LogP contribution >= 0.6 is 12.2 Å². The van der Waals surface area contributed by atoms with Gasteiger partial charge in [-0.2, -0.15) is 0 Å². The third-order valence-corrected chi connectivity index (χ3v) is 2.69. The number of thiocarbonyl (C=S) groups is 1. The molecular formula is C12H13N3OS. The zero-order valence-electron chi connectivity index (χ0n) is 9.47. The van der Waals surface area contributed by atoms with Crippen molar-refractivity contribution >= 4 is 28.2 Å².